The van der Waals surface area contributed by atoms with Crippen molar-refractivity contribution in [1.29, 1.82) is 0 Å². The first kappa shape index (κ1) is 10.2. The summed E-state index contributed by atoms with van der Waals surface area (Å²) in [5.41, 5.74) is -1.12. The second kappa shape index (κ2) is 3.48. The van der Waals surface area contributed by atoms with E-state index >= 15 is 0 Å². The van der Waals surface area contributed by atoms with Gasteiger partial charge < -0.3 is 15.2 Å². The van der Waals surface area contributed by atoms with Crippen LogP contribution in [0.4, 0.5) is 19.0 Å². The molecule has 0 saturated heterocycles. The molecule has 5 nitrogen and oxygen atoms in total. The predicted molar refractivity (Wildman–Crippen MR) is 37.5 cm³/mol. The summed E-state index contributed by atoms with van der Waals surface area (Å²) >= 11 is 0. The summed E-state index contributed by atoms with van der Waals surface area (Å²) in [6.07, 6.45) is -3.20. The lowest BCUT2D eigenvalue weighted by atomic mass is 10.2. The summed E-state index contributed by atoms with van der Waals surface area (Å²) < 4.78 is 36.7. The first-order chi connectivity index (χ1) is 6.43. The molecule has 1 rings (SSSR count). The monoisotopic (exact) mass is 208 g/mol. The Morgan fingerprint density at radius 3 is 2.57 bits per heavy atom. The van der Waals surface area contributed by atoms with Gasteiger partial charge in [-0.25, -0.2) is 8.78 Å². The molecule has 0 bridgehead atoms. The van der Waals surface area contributed by atoms with Crippen LogP contribution in [0.1, 0.15) is 12.0 Å². The van der Waals surface area contributed by atoms with Crippen molar-refractivity contribution in [2.45, 2.75) is 6.43 Å². The van der Waals surface area contributed by atoms with E-state index in [1.165, 1.54) is 0 Å². The molecule has 0 unspecified atom stereocenters. The molecular formula is C6H3F3N2O3. The van der Waals surface area contributed by atoms with E-state index in [2.05, 4.69) is 4.98 Å². The molecule has 1 N–H and O–H groups in total. The molecule has 1 heterocycles. The van der Waals surface area contributed by atoms with Gasteiger partial charge in [-0.3, -0.25) is 0 Å². The van der Waals surface area contributed by atoms with E-state index in [1.807, 2.05) is 0 Å². The molecule has 0 radical (unpaired) electrons. The maximum Gasteiger partial charge on any atom is 0.376 e. The Morgan fingerprint density at radius 2 is 2.14 bits per heavy atom. The lowest BCUT2D eigenvalue weighted by Gasteiger charge is -2.01. The molecule has 0 aliphatic carbocycles. The van der Waals surface area contributed by atoms with E-state index in [4.69, 9.17) is 5.11 Å². The molecule has 0 aliphatic heterocycles. The fraction of sp³-hybridized carbons (Fsp3) is 0.167. The Morgan fingerprint density at radius 1 is 1.57 bits per heavy atom. The first-order valence-electron chi connectivity index (χ1n) is 3.25. The highest BCUT2D eigenvalue weighted by molar-refractivity contribution is 5.38. The molecule has 1 aromatic rings. The largest absolute Gasteiger partial charge is 0.502 e. The SMILES string of the molecule is O=[N+]([O-])c1nc(F)c(O)cc1C(F)F. The summed E-state index contributed by atoms with van der Waals surface area (Å²) in [6, 6.07) is 0.283. The van der Waals surface area contributed by atoms with Crippen LogP contribution in [0.15, 0.2) is 6.07 Å². The summed E-state index contributed by atoms with van der Waals surface area (Å²) in [5, 5.41) is 18.8. The van der Waals surface area contributed by atoms with Gasteiger partial charge in [-0.2, -0.15) is 4.39 Å². The van der Waals surface area contributed by atoms with Gasteiger partial charge in [0.25, 0.3) is 6.43 Å². The zero-order valence-corrected chi connectivity index (χ0v) is 6.45. The number of hydrogen-bond donors (Lipinski definition) is 1. The third-order valence-electron chi connectivity index (χ3n) is 1.37. The van der Waals surface area contributed by atoms with Crippen LogP contribution in [0.2, 0.25) is 0 Å². The fourth-order valence-electron chi connectivity index (χ4n) is 0.793. The number of aromatic nitrogens is 1. The van der Waals surface area contributed by atoms with E-state index in [9.17, 15) is 23.3 Å². The Bertz CT molecular complexity index is 383. The standard InChI is InChI=1S/C6H3F3N2O3/c7-4(8)2-1-3(12)5(9)10-6(2)11(13)14/h1,4,12H. The Kier molecular flexibility index (Phi) is 2.54. The lowest BCUT2D eigenvalue weighted by Crippen LogP contribution is -2.01. The van der Waals surface area contributed by atoms with Crippen molar-refractivity contribution in [3.63, 3.8) is 0 Å². The van der Waals surface area contributed by atoms with Crippen LogP contribution in [0, 0.1) is 16.1 Å². The average Bonchev–Trinajstić information content (AvgIpc) is 2.08. The van der Waals surface area contributed by atoms with Gasteiger partial charge in [-0.15, -0.1) is 0 Å². The molecule has 0 saturated carbocycles. The maximum atomic E-state index is 12.5. The zero-order chi connectivity index (χ0) is 10.9. The first-order valence-corrected chi connectivity index (χ1v) is 3.25. The van der Waals surface area contributed by atoms with Gasteiger partial charge in [-0.1, -0.05) is 0 Å². The van der Waals surface area contributed by atoms with Crippen molar-refractivity contribution < 1.29 is 23.2 Å². The number of alkyl halides is 2. The number of pyridine rings is 1. The number of halogens is 3. The van der Waals surface area contributed by atoms with E-state index in [1.54, 1.807) is 0 Å². The number of nitrogens with zero attached hydrogens (tertiary/aromatic N) is 2. The van der Waals surface area contributed by atoms with Gasteiger partial charge in [0.15, 0.2) is 5.75 Å². The molecule has 0 aliphatic rings. The molecular weight excluding hydrogens is 205 g/mol. The quantitative estimate of drug-likeness (QED) is 0.456. The van der Waals surface area contributed by atoms with Gasteiger partial charge >= 0.3 is 11.8 Å². The highest BCUT2D eigenvalue weighted by Crippen LogP contribution is 2.30. The predicted octanol–water partition coefficient (Wildman–Crippen LogP) is 1.77. The minimum atomic E-state index is -3.20. The van der Waals surface area contributed by atoms with Crippen LogP contribution in [-0.2, 0) is 0 Å². The topological polar surface area (TPSA) is 76.3 Å². The Labute approximate surface area is 75.0 Å². The third-order valence-corrected chi connectivity index (χ3v) is 1.37. The third kappa shape index (κ3) is 1.73. The Balaban J connectivity index is 3.39. The van der Waals surface area contributed by atoms with E-state index < -0.39 is 34.4 Å². The lowest BCUT2D eigenvalue weighted by molar-refractivity contribution is -0.391. The van der Waals surface area contributed by atoms with Crippen LogP contribution < -0.4 is 0 Å². The number of rotatable bonds is 2. The summed E-state index contributed by atoms with van der Waals surface area (Å²) in [6.45, 7) is 0. The van der Waals surface area contributed by atoms with Crippen molar-refractivity contribution >= 4 is 5.82 Å². The molecule has 0 atom stereocenters. The van der Waals surface area contributed by atoms with Crippen LogP contribution in [0.5, 0.6) is 5.75 Å². The molecule has 0 amide bonds. The normalized spacial score (nSPS) is 10.6. The second-order valence-corrected chi connectivity index (χ2v) is 2.27. The van der Waals surface area contributed by atoms with Gasteiger partial charge in [-0.05, 0) is 9.91 Å². The van der Waals surface area contributed by atoms with Crippen molar-refractivity contribution in [1.82, 2.24) is 4.98 Å². The zero-order valence-electron chi connectivity index (χ0n) is 6.45. The average molecular weight is 208 g/mol. The van der Waals surface area contributed by atoms with Crippen LogP contribution in [-0.4, -0.2) is 15.0 Å². The number of aromatic hydroxyl groups is 1. The number of hydrogen-bond acceptors (Lipinski definition) is 4. The van der Waals surface area contributed by atoms with E-state index in [0.717, 1.165) is 0 Å². The van der Waals surface area contributed by atoms with E-state index in [-0.39, 0.29) is 6.07 Å². The second-order valence-electron chi connectivity index (χ2n) is 2.27. The van der Waals surface area contributed by atoms with Gasteiger partial charge in [0.1, 0.15) is 5.56 Å². The molecule has 0 fully saturated rings. The van der Waals surface area contributed by atoms with Crippen LogP contribution >= 0.6 is 0 Å². The van der Waals surface area contributed by atoms with Gasteiger partial charge in [0.05, 0.1) is 0 Å². The van der Waals surface area contributed by atoms with Crippen LogP contribution in [0.25, 0.3) is 0 Å². The molecule has 0 spiro atoms. The summed E-state index contributed by atoms with van der Waals surface area (Å²) in [5.74, 6) is -4.00. The van der Waals surface area contributed by atoms with Crippen LogP contribution in [0.3, 0.4) is 0 Å². The maximum absolute atomic E-state index is 12.5. The highest BCUT2D eigenvalue weighted by Gasteiger charge is 2.27. The fourth-order valence-corrected chi connectivity index (χ4v) is 0.793. The molecule has 14 heavy (non-hydrogen) atoms. The summed E-state index contributed by atoms with van der Waals surface area (Å²) in [7, 11) is 0. The van der Waals surface area contributed by atoms with Crippen molar-refractivity contribution in [3.8, 4) is 5.75 Å². The minimum Gasteiger partial charge on any atom is -0.502 e. The highest BCUT2D eigenvalue weighted by atomic mass is 19.3. The minimum absolute atomic E-state index is 0.283. The smallest absolute Gasteiger partial charge is 0.376 e. The molecule has 76 valence electrons. The van der Waals surface area contributed by atoms with Gasteiger partial charge in [0.2, 0.25) is 0 Å². The summed E-state index contributed by atoms with van der Waals surface area (Å²) in [4.78, 5) is 11.5. The van der Waals surface area contributed by atoms with Crippen molar-refractivity contribution in [3.05, 3.63) is 27.7 Å². The van der Waals surface area contributed by atoms with Crippen molar-refractivity contribution in [2.24, 2.45) is 0 Å². The van der Waals surface area contributed by atoms with E-state index in [0.29, 0.717) is 0 Å². The number of nitro groups is 1. The van der Waals surface area contributed by atoms with Crippen molar-refractivity contribution in [2.75, 3.05) is 0 Å². The molecule has 8 heteroatoms. The Hall–Kier alpha value is -1.86. The molecule has 1 aromatic heterocycles. The van der Waals surface area contributed by atoms with Gasteiger partial charge in [0, 0.05) is 6.07 Å². The molecule has 0 aromatic carbocycles.